The number of hydrogen-bond acceptors (Lipinski definition) is 7. The lowest BCUT2D eigenvalue weighted by Gasteiger charge is -2.21. The Morgan fingerprint density at radius 2 is 1.78 bits per heavy atom. The molecule has 1 unspecified atom stereocenters. The van der Waals surface area contributed by atoms with Crippen LogP contribution in [0.15, 0.2) is 40.9 Å². The van der Waals surface area contributed by atoms with Gasteiger partial charge in [0, 0.05) is 30.1 Å². The second kappa shape index (κ2) is 9.69. The highest BCUT2D eigenvalue weighted by Crippen LogP contribution is 2.47. The van der Waals surface area contributed by atoms with Gasteiger partial charge in [-0.2, -0.15) is 0 Å². The summed E-state index contributed by atoms with van der Waals surface area (Å²) in [4.78, 5) is 18.6. The zero-order chi connectivity index (χ0) is 24.8. The largest absolute Gasteiger partial charge is 0.464 e. The van der Waals surface area contributed by atoms with E-state index in [0.29, 0.717) is 51.4 Å². The lowest BCUT2D eigenvalue weighted by atomic mass is 10.0. The molecular weight excluding hydrogens is 501 g/mol. The summed E-state index contributed by atoms with van der Waals surface area (Å²) in [5.74, 6) is 2.77. The van der Waals surface area contributed by atoms with E-state index < -0.39 is 5.97 Å². The number of methoxy groups -OCH3 is 1. The molecule has 0 amide bonds. The van der Waals surface area contributed by atoms with Gasteiger partial charge in [0.1, 0.15) is 17.3 Å². The van der Waals surface area contributed by atoms with E-state index in [1.54, 1.807) is 6.07 Å². The molecule has 188 valence electrons. The van der Waals surface area contributed by atoms with Gasteiger partial charge in [-0.15, -0.1) is 0 Å². The lowest BCUT2D eigenvalue weighted by molar-refractivity contribution is 0.0402. The Morgan fingerprint density at radius 3 is 2.44 bits per heavy atom. The second-order valence-electron chi connectivity index (χ2n) is 9.95. The highest BCUT2D eigenvalue weighted by molar-refractivity contribution is 6.39. The van der Waals surface area contributed by atoms with E-state index >= 15 is 0 Å². The molecule has 2 saturated carbocycles. The fraction of sp³-hybridized carbons (Fsp3) is 0.444. The van der Waals surface area contributed by atoms with Gasteiger partial charge in [0.25, 0.3) is 0 Å². The SMILES string of the molecule is COC(=O)c1cccc(N2C[C@H]3CC(OCc4c(-c5c(Cl)cccc5Cl)noc4C4CC4)C[C@H]3C2)n1. The van der Waals surface area contributed by atoms with E-state index in [-0.39, 0.29) is 6.10 Å². The standard InChI is InChI=1S/C27H27Cl2N3O4/c1-34-27(33)22-6-3-7-23(30-22)32-12-16-10-18(11-17(16)13-32)35-14-19-25(31-36-26(19)15-8-9-15)24-20(28)4-2-5-21(24)29/h2-7,15-18H,8-14H2,1H3/t16-,17+,18?. The number of rotatable bonds is 7. The quantitative estimate of drug-likeness (QED) is 0.341. The number of halogens is 2. The average molecular weight is 528 g/mol. The number of carbonyl (C=O) groups excluding carboxylic acids is 1. The van der Waals surface area contributed by atoms with E-state index in [2.05, 4.69) is 15.0 Å². The maximum Gasteiger partial charge on any atom is 0.356 e. The minimum Gasteiger partial charge on any atom is -0.464 e. The molecule has 3 fully saturated rings. The number of nitrogens with zero attached hydrogens (tertiary/aromatic N) is 3. The highest BCUT2D eigenvalue weighted by Gasteiger charge is 2.42. The van der Waals surface area contributed by atoms with Crippen LogP contribution in [0, 0.1) is 11.8 Å². The number of fused-ring (bicyclic) bond motifs is 1. The third-order valence-electron chi connectivity index (χ3n) is 7.59. The van der Waals surface area contributed by atoms with Crippen molar-refractivity contribution in [3.05, 3.63) is 63.5 Å². The number of pyridine rings is 1. The van der Waals surface area contributed by atoms with Crippen LogP contribution < -0.4 is 4.90 Å². The Bertz CT molecular complexity index is 1260. The van der Waals surface area contributed by atoms with Crippen molar-refractivity contribution in [1.29, 1.82) is 0 Å². The van der Waals surface area contributed by atoms with E-state index in [1.165, 1.54) is 7.11 Å². The topological polar surface area (TPSA) is 77.7 Å². The number of esters is 1. The van der Waals surface area contributed by atoms with E-state index in [0.717, 1.165) is 55.9 Å². The average Bonchev–Trinajstić information content (AvgIpc) is 3.34. The first kappa shape index (κ1) is 23.8. The first-order chi connectivity index (χ1) is 17.5. The van der Waals surface area contributed by atoms with Crippen molar-refractivity contribution in [1.82, 2.24) is 10.1 Å². The minimum atomic E-state index is -0.415. The Balaban J connectivity index is 1.13. The van der Waals surface area contributed by atoms with Crippen molar-refractivity contribution in [2.45, 2.75) is 44.3 Å². The number of benzene rings is 1. The Hall–Kier alpha value is -2.61. The van der Waals surface area contributed by atoms with Crippen molar-refractivity contribution in [2.75, 3.05) is 25.1 Å². The summed E-state index contributed by atoms with van der Waals surface area (Å²) in [7, 11) is 1.37. The van der Waals surface area contributed by atoms with Crippen LogP contribution in [0.1, 0.15) is 53.4 Å². The molecule has 3 heterocycles. The van der Waals surface area contributed by atoms with Gasteiger partial charge in [-0.25, -0.2) is 9.78 Å². The maximum atomic E-state index is 11.9. The summed E-state index contributed by atoms with van der Waals surface area (Å²) in [5.41, 5.74) is 2.70. The Kier molecular flexibility index (Phi) is 6.40. The molecule has 0 spiro atoms. The van der Waals surface area contributed by atoms with Gasteiger partial charge in [-0.1, -0.05) is 40.5 Å². The molecule has 36 heavy (non-hydrogen) atoms. The first-order valence-electron chi connectivity index (χ1n) is 12.4. The third-order valence-corrected chi connectivity index (χ3v) is 8.22. The van der Waals surface area contributed by atoms with Crippen LogP contribution in [0.5, 0.6) is 0 Å². The summed E-state index contributed by atoms with van der Waals surface area (Å²) >= 11 is 13.0. The molecule has 2 aromatic heterocycles. The molecule has 3 aliphatic rings. The van der Waals surface area contributed by atoms with Crippen LogP contribution in [-0.2, 0) is 16.1 Å². The fourth-order valence-corrected chi connectivity index (χ4v) is 6.21. The summed E-state index contributed by atoms with van der Waals surface area (Å²) in [6, 6.07) is 11.0. The lowest BCUT2D eigenvalue weighted by Crippen LogP contribution is -2.24. The monoisotopic (exact) mass is 527 g/mol. The molecule has 0 radical (unpaired) electrons. The minimum absolute atomic E-state index is 0.174. The van der Waals surface area contributed by atoms with Crippen LogP contribution in [0.25, 0.3) is 11.3 Å². The molecule has 0 bridgehead atoms. The zero-order valence-electron chi connectivity index (χ0n) is 20.0. The molecule has 2 aliphatic carbocycles. The first-order valence-corrected chi connectivity index (χ1v) is 13.1. The predicted octanol–water partition coefficient (Wildman–Crippen LogP) is 6.14. The number of aromatic nitrogens is 2. The van der Waals surface area contributed by atoms with Gasteiger partial charge in [0.05, 0.1) is 29.9 Å². The second-order valence-corrected chi connectivity index (χ2v) is 10.8. The van der Waals surface area contributed by atoms with Crippen molar-refractivity contribution in [3.63, 3.8) is 0 Å². The smallest absolute Gasteiger partial charge is 0.356 e. The molecule has 7 nitrogen and oxygen atoms in total. The van der Waals surface area contributed by atoms with Gasteiger partial charge in [-0.3, -0.25) is 0 Å². The third kappa shape index (κ3) is 4.49. The number of anilines is 1. The molecule has 1 aromatic carbocycles. The molecule has 9 heteroatoms. The zero-order valence-corrected chi connectivity index (χ0v) is 21.5. The van der Waals surface area contributed by atoms with Crippen LogP contribution >= 0.6 is 23.2 Å². The fourth-order valence-electron chi connectivity index (χ4n) is 5.63. The highest BCUT2D eigenvalue weighted by atomic mass is 35.5. The van der Waals surface area contributed by atoms with Crippen LogP contribution in [0.4, 0.5) is 5.82 Å². The summed E-state index contributed by atoms with van der Waals surface area (Å²) in [5, 5.41) is 5.48. The van der Waals surface area contributed by atoms with Crippen LogP contribution in [0.2, 0.25) is 10.0 Å². The van der Waals surface area contributed by atoms with Crippen molar-refractivity contribution in [3.8, 4) is 11.3 Å². The van der Waals surface area contributed by atoms with E-state index in [1.807, 2.05) is 30.3 Å². The molecule has 1 saturated heterocycles. The normalized spacial score (nSPS) is 23.2. The van der Waals surface area contributed by atoms with Gasteiger partial charge in [-0.05, 0) is 61.8 Å². The van der Waals surface area contributed by atoms with E-state index in [9.17, 15) is 4.79 Å². The Labute approximate surface area is 219 Å². The van der Waals surface area contributed by atoms with Gasteiger partial charge >= 0.3 is 5.97 Å². The molecule has 1 aliphatic heterocycles. The molecule has 3 aromatic rings. The van der Waals surface area contributed by atoms with Crippen molar-refractivity contribution >= 4 is 35.0 Å². The summed E-state index contributed by atoms with van der Waals surface area (Å²) in [6.45, 7) is 2.25. The van der Waals surface area contributed by atoms with Gasteiger partial charge in [0.2, 0.25) is 0 Å². The van der Waals surface area contributed by atoms with Crippen molar-refractivity contribution in [2.24, 2.45) is 11.8 Å². The van der Waals surface area contributed by atoms with Crippen LogP contribution in [-0.4, -0.2) is 42.4 Å². The van der Waals surface area contributed by atoms with Crippen LogP contribution in [0.3, 0.4) is 0 Å². The molecule has 3 atom stereocenters. The van der Waals surface area contributed by atoms with Gasteiger partial charge < -0.3 is 18.9 Å². The molecule has 0 N–H and O–H groups in total. The number of hydrogen-bond donors (Lipinski definition) is 0. The van der Waals surface area contributed by atoms with E-state index in [4.69, 9.17) is 37.2 Å². The van der Waals surface area contributed by atoms with Gasteiger partial charge in [0.15, 0.2) is 5.69 Å². The molecule has 6 rings (SSSR count). The number of carbonyl (C=O) groups is 1. The maximum absolute atomic E-state index is 11.9. The summed E-state index contributed by atoms with van der Waals surface area (Å²) < 4.78 is 17.1. The Morgan fingerprint density at radius 1 is 1.08 bits per heavy atom. The predicted molar refractivity (Wildman–Crippen MR) is 137 cm³/mol. The number of ether oxygens (including phenoxy) is 2. The van der Waals surface area contributed by atoms with Crippen molar-refractivity contribution < 1.29 is 18.8 Å². The summed E-state index contributed by atoms with van der Waals surface area (Å²) in [6.07, 6.45) is 4.36. The molecular formula is C27H27Cl2N3O4.